The van der Waals surface area contributed by atoms with Crippen LogP contribution in [0.4, 0.5) is 5.69 Å². The van der Waals surface area contributed by atoms with Crippen molar-refractivity contribution in [3.63, 3.8) is 0 Å². The van der Waals surface area contributed by atoms with E-state index in [1.807, 2.05) is 29.9 Å². The van der Waals surface area contributed by atoms with Crippen LogP contribution in [0.3, 0.4) is 0 Å². The molecule has 5 nitrogen and oxygen atoms in total. The Morgan fingerprint density at radius 3 is 3.06 bits per heavy atom. The number of aromatic amines is 1. The lowest BCUT2D eigenvalue weighted by Gasteiger charge is -1.95. The Hall–Kier alpha value is -2.30. The molecule has 0 atom stereocenters. The summed E-state index contributed by atoms with van der Waals surface area (Å²) in [5.41, 5.74) is 9.31. The molecule has 3 aromatic heterocycles. The lowest BCUT2D eigenvalue weighted by Crippen LogP contribution is -1.85. The summed E-state index contributed by atoms with van der Waals surface area (Å²) < 4.78 is 1.98. The van der Waals surface area contributed by atoms with Crippen molar-refractivity contribution in [2.24, 2.45) is 7.05 Å². The zero-order chi connectivity index (χ0) is 11.1. The molecule has 0 bridgehead atoms. The van der Waals surface area contributed by atoms with Crippen molar-refractivity contribution in [3.8, 4) is 11.3 Å². The predicted octanol–water partition coefficient (Wildman–Crippen LogP) is 1.55. The first-order valence-corrected chi connectivity index (χ1v) is 4.96. The van der Waals surface area contributed by atoms with Gasteiger partial charge in [-0.05, 0) is 12.1 Å². The number of fused-ring (bicyclic) bond motifs is 1. The third kappa shape index (κ3) is 1.11. The molecular formula is C11H11N5. The molecule has 0 spiro atoms. The number of rotatable bonds is 1. The maximum Gasteiger partial charge on any atom is 0.140 e. The molecule has 0 amide bonds. The van der Waals surface area contributed by atoms with E-state index >= 15 is 0 Å². The van der Waals surface area contributed by atoms with Gasteiger partial charge in [-0.1, -0.05) is 0 Å². The van der Waals surface area contributed by atoms with E-state index in [4.69, 9.17) is 5.73 Å². The van der Waals surface area contributed by atoms with E-state index in [1.165, 1.54) is 0 Å². The molecule has 3 N–H and O–H groups in total. The van der Waals surface area contributed by atoms with Crippen molar-refractivity contribution in [1.29, 1.82) is 0 Å². The van der Waals surface area contributed by atoms with Crippen LogP contribution in [0.2, 0.25) is 0 Å². The Kier molecular flexibility index (Phi) is 1.73. The lowest BCUT2D eigenvalue weighted by molar-refractivity contribution is 0.948. The summed E-state index contributed by atoms with van der Waals surface area (Å²) in [4.78, 5) is 4.33. The van der Waals surface area contributed by atoms with Gasteiger partial charge in [-0.15, -0.1) is 0 Å². The zero-order valence-corrected chi connectivity index (χ0v) is 8.81. The smallest absolute Gasteiger partial charge is 0.140 e. The number of hydrogen-bond acceptors (Lipinski definition) is 3. The van der Waals surface area contributed by atoms with Crippen molar-refractivity contribution in [3.05, 3.63) is 30.7 Å². The van der Waals surface area contributed by atoms with E-state index in [9.17, 15) is 0 Å². The third-order valence-electron chi connectivity index (χ3n) is 2.67. The maximum atomic E-state index is 5.85. The van der Waals surface area contributed by atoms with Gasteiger partial charge in [-0.3, -0.25) is 5.10 Å². The standard InChI is InChI=1S/C11H11N5/c1-16-6-8(10-9(12)5-14-15-10)7-3-2-4-13-11(7)16/h2-6H,12H2,1H3,(H,14,15). The van der Waals surface area contributed by atoms with Gasteiger partial charge in [0.25, 0.3) is 0 Å². The molecule has 0 aromatic carbocycles. The fraction of sp³-hybridized carbons (Fsp3) is 0.0909. The second kappa shape index (κ2) is 3.10. The molecule has 5 heteroatoms. The van der Waals surface area contributed by atoms with E-state index in [-0.39, 0.29) is 0 Å². The van der Waals surface area contributed by atoms with E-state index in [2.05, 4.69) is 15.2 Å². The SMILES string of the molecule is Cn1cc(-c2[nH]ncc2N)c2cccnc21. The van der Waals surface area contributed by atoms with Crippen LogP contribution in [0.15, 0.2) is 30.7 Å². The minimum absolute atomic E-state index is 0.649. The zero-order valence-electron chi connectivity index (χ0n) is 8.81. The third-order valence-corrected chi connectivity index (χ3v) is 2.67. The van der Waals surface area contributed by atoms with Gasteiger partial charge in [-0.2, -0.15) is 5.10 Å². The van der Waals surface area contributed by atoms with Gasteiger partial charge in [0.2, 0.25) is 0 Å². The van der Waals surface area contributed by atoms with Crippen LogP contribution in [0.1, 0.15) is 0 Å². The monoisotopic (exact) mass is 213 g/mol. The summed E-state index contributed by atoms with van der Waals surface area (Å²) in [7, 11) is 1.96. The fourth-order valence-electron chi connectivity index (χ4n) is 1.92. The normalized spacial score (nSPS) is 11.1. The molecular weight excluding hydrogens is 202 g/mol. The Morgan fingerprint density at radius 1 is 1.44 bits per heavy atom. The highest BCUT2D eigenvalue weighted by Gasteiger charge is 2.12. The molecule has 3 aromatic rings. The second-order valence-corrected chi connectivity index (χ2v) is 3.73. The van der Waals surface area contributed by atoms with Crippen LogP contribution in [0.25, 0.3) is 22.3 Å². The molecule has 80 valence electrons. The van der Waals surface area contributed by atoms with Crippen LogP contribution in [0.5, 0.6) is 0 Å². The molecule has 0 fully saturated rings. The predicted molar refractivity (Wildman–Crippen MR) is 62.7 cm³/mol. The molecule has 0 aliphatic rings. The minimum Gasteiger partial charge on any atom is -0.396 e. The summed E-state index contributed by atoms with van der Waals surface area (Å²) in [5, 5.41) is 7.92. The van der Waals surface area contributed by atoms with Crippen LogP contribution < -0.4 is 5.73 Å². The largest absolute Gasteiger partial charge is 0.396 e. The number of pyridine rings is 1. The highest BCUT2D eigenvalue weighted by Crippen LogP contribution is 2.30. The lowest BCUT2D eigenvalue weighted by atomic mass is 10.1. The van der Waals surface area contributed by atoms with Gasteiger partial charge < -0.3 is 10.3 Å². The quantitative estimate of drug-likeness (QED) is 0.644. The fourth-order valence-corrected chi connectivity index (χ4v) is 1.92. The number of hydrogen-bond donors (Lipinski definition) is 2. The summed E-state index contributed by atoms with van der Waals surface area (Å²) in [6, 6.07) is 3.94. The molecule has 0 aliphatic heterocycles. The van der Waals surface area contributed by atoms with Crippen LogP contribution in [0, 0.1) is 0 Å². The van der Waals surface area contributed by atoms with E-state index in [0.717, 1.165) is 22.3 Å². The van der Waals surface area contributed by atoms with Crippen LogP contribution in [-0.4, -0.2) is 19.7 Å². The Morgan fingerprint density at radius 2 is 2.31 bits per heavy atom. The molecule has 0 saturated carbocycles. The topological polar surface area (TPSA) is 72.5 Å². The Labute approximate surface area is 91.9 Å². The number of anilines is 1. The molecule has 3 rings (SSSR count). The van der Waals surface area contributed by atoms with Crippen molar-refractivity contribution < 1.29 is 0 Å². The van der Waals surface area contributed by atoms with Crippen molar-refractivity contribution in [2.45, 2.75) is 0 Å². The van der Waals surface area contributed by atoms with E-state index in [1.54, 1.807) is 12.4 Å². The minimum atomic E-state index is 0.649. The maximum absolute atomic E-state index is 5.85. The van der Waals surface area contributed by atoms with Gasteiger partial charge >= 0.3 is 0 Å². The van der Waals surface area contributed by atoms with Crippen molar-refractivity contribution in [1.82, 2.24) is 19.7 Å². The molecule has 0 unspecified atom stereocenters. The summed E-state index contributed by atoms with van der Waals surface area (Å²) in [5.74, 6) is 0. The molecule has 0 saturated heterocycles. The average molecular weight is 213 g/mol. The van der Waals surface area contributed by atoms with Gasteiger partial charge in [0.15, 0.2) is 0 Å². The number of nitrogens with one attached hydrogen (secondary N) is 1. The second-order valence-electron chi connectivity index (χ2n) is 3.73. The number of nitrogens with zero attached hydrogens (tertiary/aromatic N) is 3. The number of nitrogens with two attached hydrogens (primary N) is 1. The van der Waals surface area contributed by atoms with Crippen LogP contribution in [-0.2, 0) is 7.05 Å². The molecule has 0 aliphatic carbocycles. The highest BCUT2D eigenvalue weighted by molar-refractivity contribution is 5.95. The number of aryl methyl sites for hydroxylation is 1. The highest BCUT2D eigenvalue weighted by atomic mass is 15.1. The first kappa shape index (κ1) is 8.96. The number of H-pyrrole nitrogens is 1. The van der Waals surface area contributed by atoms with Gasteiger partial charge in [-0.25, -0.2) is 4.98 Å². The van der Waals surface area contributed by atoms with Crippen molar-refractivity contribution in [2.75, 3.05) is 5.73 Å². The van der Waals surface area contributed by atoms with Crippen molar-refractivity contribution >= 4 is 16.7 Å². The van der Waals surface area contributed by atoms with E-state index < -0.39 is 0 Å². The molecule has 0 radical (unpaired) electrons. The Bertz CT molecular complexity index is 649. The number of nitrogen functional groups attached to an aromatic ring is 1. The van der Waals surface area contributed by atoms with Gasteiger partial charge in [0.05, 0.1) is 17.6 Å². The average Bonchev–Trinajstić information content (AvgIpc) is 2.84. The van der Waals surface area contributed by atoms with Gasteiger partial charge in [0.1, 0.15) is 5.65 Å². The first-order chi connectivity index (χ1) is 7.77. The van der Waals surface area contributed by atoms with Crippen LogP contribution >= 0.6 is 0 Å². The molecule has 3 heterocycles. The number of aromatic nitrogens is 4. The first-order valence-electron chi connectivity index (χ1n) is 4.96. The summed E-state index contributed by atoms with van der Waals surface area (Å²) in [6.07, 6.45) is 5.40. The Balaban J connectivity index is 2.37. The van der Waals surface area contributed by atoms with Gasteiger partial charge in [0, 0.05) is 30.4 Å². The summed E-state index contributed by atoms with van der Waals surface area (Å²) >= 11 is 0. The van der Waals surface area contributed by atoms with E-state index in [0.29, 0.717) is 5.69 Å². The molecule has 16 heavy (non-hydrogen) atoms. The summed E-state index contributed by atoms with van der Waals surface area (Å²) in [6.45, 7) is 0.